The van der Waals surface area contributed by atoms with Gasteiger partial charge < -0.3 is 14.4 Å². The van der Waals surface area contributed by atoms with Gasteiger partial charge in [-0.1, -0.05) is 0 Å². The molecule has 2 aromatic heterocycles. The van der Waals surface area contributed by atoms with Crippen LogP contribution in [0.2, 0.25) is 0 Å². The van der Waals surface area contributed by atoms with Crippen LogP contribution in [0.3, 0.4) is 0 Å². The third-order valence-electron chi connectivity index (χ3n) is 3.70. The third-order valence-corrected chi connectivity index (χ3v) is 3.70. The summed E-state index contributed by atoms with van der Waals surface area (Å²) < 4.78 is 10.2. The zero-order chi connectivity index (χ0) is 14.8. The monoisotopic (exact) mass is 290 g/mol. The number of methoxy groups -OCH3 is 2. The quantitative estimate of drug-likeness (QED) is 0.895. The predicted octanol–water partition coefficient (Wildman–Crippen LogP) is 0.914. The number of nitrogens with zero attached hydrogens (tertiary/aromatic N) is 5. The second kappa shape index (κ2) is 5.55. The van der Waals surface area contributed by atoms with Gasteiger partial charge in [-0.2, -0.15) is 15.1 Å². The minimum Gasteiger partial charge on any atom is -0.467 e. The van der Waals surface area contributed by atoms with Gasteiger partial charge >= 0.3 is 12.0 Å². The second-order valence-corrected chi connectivity index (χ2v) is 5.01. The fourth-order valence-corrected chi connectivity index (χ4v) is 2.60. The summed E-state index contributed by atoms with van der Waals surface area (Å²) in [6.45, 7) is 3.77. The first-order valence-electron chi connectivity index (χ1n) is 6.80. The molecule has 0 spiro atoms. The number of nitrogens with one attached hydrogen (secondary N) is 1. The SMILES string of the molecule is COc1nc(OC)nc(N2CC[C@@H](c3[nH]ncc3C)C2)n1. The van der Waals surface area contributed by atoms with Gasteiger partial charge in [0.25, 0.3) is 0 Å². The maximum Gasteiger partial charge on any atom is 0.324 e. The highest BCUT2D eigenvalue weighted by Gasteiger charge is 2.28. The van der Waals surface area contributed by atoms with Gasteiger partial charge in [0.05, 0.1) is 20.4 Å². The van der Waals surface area contributed by atoms with Crippen molar-refractivity contribution in [2.75, 3.05) is 32.2 Å². The van der Waals surface area contributed by atoms with Crippen molar-refractivity contribution in [3.8, 4) is 12.0 Å². The zero-order valence-corrected chi connectivity index (χ0v) is 12.3. The van der Waals surface area contributed by atoms with E-state index in [1.54, 1.807) is 0 Å². The minimum absolute atomic E-state index is 0.262. The molecule has 0 aromatic carbocycles. The first-order valence-corrected chi connectivity index (χ1v) is 6.80. The van der Waals surface area contributed by atoms with Gasteiger partial charge in [-0.3, -0.25) is 5.10 Å². The molecule has 2 aromatic rings. The topological polar surface area (TPSA) is 89.0 Å². The number of aromatic nitrogens is 5. The van der Waals surface area contributed by atoms with Gasteiger partial charge in [0.1, 0.15) is 0 Å². The van der Waals surface area contributed by atoms with Gasteiger partial charge in [-0.25, -0.2) is 0 Å². The highest BCUT2D eigenvalue weighted by Crippen LogP contribution is 2.30. The van der Waals surface area contributed by atoms with E-state index in [1.807, 2.05) is 6.20 Å². The summed E-state index contributed by atoms with van der Waals surface area (Å²) in [6, 6.07) is 0.524. The predicted molar refractivity (Wildman–Crippen MR) is 75.8 cm³/mol. The van der Waals surface area contributed by atoms with Crippen molar-refractivity contribution in [1.82, 2.24) is 25.1 Å². The molecule has 0 amide bonds. The summed E-state index contributed by atoms with van der Waals surface area (Å²) in [5.74, 6) is 0.986. The van der Waals surface area contributed by atoms with E-state index in [0.29, 0.717) is 11.9 Å². The van der Waals surface area contributed by atoms with Gasteiger partial charge in [0.2, 0.25) is 5.95 Å². The van der Waals surface area contributed by atoms with Gasteiger partial charge in [0.15, 0.2) is 0 Å². The lowest BCUT2D eigenvalue weighted by Crippen LogP contribution is -2.22. The van der Waals surface area contributed by atoms with Gasteiger partial charge in [-0.05, 0) is 18.9 Å². The number of H-pyrrole nitrogens is 1. The Bertz CT molecular complexity index is 607. The molecule has 3 heterocycles. The number of ether oxygens (including phenoxy) is 2. The number of hydrogen-bond acceptors (Lipinski definition) is 7. The lowest BCUT2D eigenvalue weighted by molar-refractivity contribution is 0.340. The maximum absolute atomic E-state index is 5.09. The number of aromatic amines is 1. The van der Waals surface area contributed by atoms with Crippen LogP contribution in [0.1, 0.15) is 23.6 Å². The Kier molecular flexibility index (Phi) is 3.59. The first kappa shape index (κ1) is 13.6. The molecule has 1 atom stereocenters. The van der Waals surface area contributed by atoms with E-state index in [-0.39, 0.29) is 12.0 Å². The van der Waals surface area contributed by atoms with Crippen LogP contribution in [0.4, 0.5) is 5.95 Å². The molecular weight excluding hydrogens is 272 g/mol. The molecule has 8 heteroatoms. The molecule has 0 aliphatic carbocycles. The summed E-state index contributed by atoms with van der Waals surface area (Å²) in [6.07, 6.45) is 2.88. The van der Waals surface area contributed by atoms with E-state index in [1.165, 1.54) is 25.5 Å². The Labute approximate surface area is 122 Å². The highest BCUT2D eigenvalue weighted by atomic mass is 16.5. The number of rotatable bonds is 4. The van der Waals surface area contributed by atoms with E-state index >= 15 is 0 Å². The van der Waals surface area contributed by atoms with Crippen molar-refractivity contribution in [3.05, 3.63) is 17.5 Å². The standard InChI is InChI=1S/C13H18N6O2/c1-8-6-14-18-10(8)9-4-5-19(7-9)11-15-12(20-2)17-13(16-11)21-3/h6,9H,4-5,7H2,1-3H3,(H,14,18)/t9-/m1/s1. The van der Waals surface area contributed by atoms with E-state index in [0.717, 1.165) is 19.5 Å². The van der Waals surface area contributed by atoms with Gasteiger partial charge in [0, 0.05) is 24.7 Å². The molecule has 3 rings (SSSR count). The summed E-state index contributed by atoms with van der Waals surface area (Å²) >= 11 is 0. The van der Waals surface area contributed by atoms with Crippen LogP contribution < -0.4 is 14.4 Å². The number of hydrogen-bond donors (Lipinski definition) is 1. The van der Waals surface area contributed by atoms with Crippen molar-refractivity contribution in [2.24, 2.45) is 0 Å². The summed E-state index contributed by atoms with van der Waals surface area (Å²) in [7, 11) is 3.05. The molecule has 112 valence electrons. The van der Waals surface area contributed by atoms with Crippen LogP contribution in [-0.4, -0.2) is 52.5 Å². The molecule has 1 saturated heterocycles. The number of anilines is 1. The van der Waals surface area contributed by atoms with Crippen LogP contribution in [0.25, 0.3) is 0 Å². The Morgan fingerprint density at radius 3 is 2.48 bits per heavy atom. The van der Waals surface area contributed by atoms with Crippen molar-refractivity contribution >= 4 is 5.95 Å². The van der Waals surface area contributed by atoms with Crippen LogP contribution >= 0.6 is 0 Å². The maximum atomic E-state index is 5.09. The van der Waals surface area contributed by atoms with Crippen LogP contribution in [0, 0.1) is 6.92 Å². The molecule has 0 radical (unpaired) electrons. The summed E-state index contributed by atoms with van der Waals surface area (Å²) in [5, 5.41) is 7.18. The summed E-state index contributed by atoms with van der Waals surface area (Å²) in [4.78, 5) is 14.7. The van der Waals surface area contributed by atoms with Gasteiger partial charge in [-0.15, -0.1) is 4.98 Å². The fourth-order valence-electron chi connectivity index (χ4n) is 2.60. The van der Waals surface area contributed by atoms with Crippen molar-refractivity contribution in [1.29, 1.82) is 0 Å². The Hall–Kier alpha value is -2.38. The molecule has 0 saturated carbocycles. The molecule has 1 aliphatic heterocycles. The second-order valence-electron chi connectivity index (χ2n) is 5.01. The smallest absolute Gasteiger partial charge is 0.324 e. The normalized spacial score (nSPS) is 18.0. The van der Waals surface area contributed by atoms with E-state index in [2.05, 4.69) is 37.0 Å². The lowest BCUT2D eigenvalue weighted by Gasteiger charge is -2.16. The largest absolute Gasteiger partial charge is 0.467 e. The van der Waals surface area contributed by atoms with Crippen LogP contribution in [0.15, 0.2) is 6.20 Å². The zero-order valence-electron chi connectivity index (χ0n) is 12.3. The Morgan fingerprint density at radius 1 is 1.19 bits per heavy atom. The van der Waals surface area contributed by atoms with Crippen molar-refractivity contribution < 1.29 is 9.47 Å². The molecule has 0 bridgehead atoms. The molecule has 21 heavy (non-hydrogen) atoms. The Balaban J connectivity index is 1.81. The van der Waals surface area contributed by atoms with Crippen LogP contribution in [0.5, 0.6) is 12.0 Å². The third kappa shape index (κ3) is 2.61. The highest BCUT2D eigenvalue weighted by molar-refractivity contribution is 5.36. The lowest BCUT2D eigenvalue weighted by atomic mass is 10.0. The molecule has 1 aliphatic rings. The number of aryl methyl sites for hydroxylation is 1. The van der Waals surface area contributed by atoms with E-state index < -0.39 is 0 Å². The van der Waals surface area contributed by atoms with Crippen molar-refractivity contribution in [3.63, 3.8) is 0 Å². The minimum atomic E-state index is 0.262. The Morgan fingerprint density at radius 2 is 1.90 bits per heavy atom. The fraction of sp³-hybridized carbons (Fsp3) is 0.538. The molecule has 0 unspecified atom stereocenters. The molecular formula is C13H18N6O2. The van der Waals surface area contributed by atoms with Crippen LogP contribution in [-0.2, 0) is 0 Å². The van der Waals surface area contributed by atoms with E-state index in [9.17, 15) is 0 Å². The molecule has 8 nitrogen and oxygen atoms in total. The van der Waals surface area contributed by atoms with Crippen molar-refractivity contribution in [2.45, 2.75) is 19.3 Å². The molecule has 1 N–H and O–H groups in total. The first-order chi connectivity index (χ1) is 10.2. The summed E-state index contributed by atoms with van der Waals surface area (Å²) in [5.41, 5.74) is 2.37. The average molecular weight is 290 g/mol. The van der Waals surface area contributed by atoms with E-state index in [4.69, 9.17) is 9.47 Å². The average Bonchev–Trinajstić information content (AvgIpc) is 3.15. The molecule has 1 fully saturated rings.